The van der Waals surface area contributed by atoms with Crippen molar-refractivity contribution < 1.29 is 4.79 Å². The molecule has 17 heavy (non-hydrogen) atoms. The van der Waals surface area contributed by atoms with Gasteiger partial charge in [-0.15, -0.1) is 0 Å². The normalized spacial score (nSPS) is 18.2. The second-order valence-corrected chi connectivity index (χ2v) is 5.39. The van der Waals surface area contributed by atoms with E-state index < -0.39 is 0 Å². The molecule has 0 aromatic carbocycles. The first-order chi connectivity index (χ1) is 8.16. The van der Waals surface area contributed by atoms with Gasteiger partial charge in [0.15, 0.2) is 0 Å². The summed E-state index contributed by atoms with van der Waals surface area (Å²) in [7, 11) is 0. The molecular formula is C11H17N3O2S. The number of aromatic nitrogens is 1. The highest BCUT2D eigenvalue weighted by molar-refractivity contribution is 7.07. The van der Waals surface area contributed by atoms with Gasteiger partial charge < -0.3 is 16.0 Å². The molecule has 0 bridgehead atoms. The minimum atomic E-state index is -0.379. The van der Waals surface area contributed by atoms with Gasteiger partial charge in [-0.1, -0.05) is 24.2 Å². The lowest BCUT2D eigenvalue weighted by Crippen LogP contribution is -2.43. The average Bonchev–Trinajstić information content (AvgIpc) is 2.95. The summed E-state index contributed by atoms with van der Waals surface area (Å²) in [5.41, 5.74) is 6.10. The van der Waals surface area contributed by atoms with Crippen LogP contribution in [0.5, 0.6) is 0 Å². The Kier molecular flexibility index (Phi) is 3.63. The van der Waals surface area contributed by atoms with E-state index in [1.165, 1.54) is 0 Å². The van der Waals surface area contributed by atoms with Crippen molar-refractivity contribution in [2.24, 2.45) is 11.1 Å². The number of amides is 1. The number of rotatable bonds is 4. The Labute approximate surface area is 103 Å². The van der Waals surface area contributed by atoms with Crippen LogP contribution in [0.15, 0.2) is 10.2 Å². The maximum atomic E-state index is 12.1. The highest BCUT2D eigenvalue weighted by Gasteiger charge is 2.39. The topological polar surface area (TPSA) is 88.0 Å². The molecule has 0 radical (unpaired) electrons. The van der Waals surface area contributed by atoms with Gasteiger partial charge in [-0.05, 0) is 12.8 Å². The van der Waals surface area contributed by atoms with E-state index in [1.54, 1.807) is 5.38 Å². The zero-order valence-corrected chi connectivity index (χ0v) is 10.4. The van der Waals surface area contributed by atoms with Gasteiger partial charge in [0, 0.05) is 17.6 Å². The molecule has 1 heterocycles. The predicted octanol–water partition coefficient (Wildman–Crippen LogP) is 0.572. The van der Waals surface area contributed by atoms with Gasteiger partial charge in [-0.3, -0.25) is 9.59 Å². The zero-order chi connectivity index (χ0) is 12.3. The molecule has 1 fully saturated rings. The van der Waals surface area contributed by atoms with Crippen LogP contribution in [0.1, 0.15) is 31.4 Å². The lowest BCUT2D eigenvalue weighted by Gasteiger charge is -2.25. The fourth-order valence-corrected chi connectivity index (χ4v) is 2.92. The number of hydrogen-bond donors (Lipinski definition) is 3. The summed E-state index contributed by atoms with van der Waals surface area (Å²) in [6.07, 6.45) is 3.88. The van der Waals surface area contributed by atoms with Crippen molar-refractivity contribution in [2.75, 3.05) is 6.54 Å². The number of carbonyl (C=O) groups is 1. The third-order valence-corrected chi connectivity index (χ3v) is 4.16. The number of nitrogens with one attached hydrogen (secondary N) is 2. The lowest BCUT2D eigenvalue weighted by atomic mass is 9.85. The van der Waals surface area contributed by atoms with Crippen LogP contribution in [0.2, 0.25) is 0 Å². The van der Waals surface area contributed by atoms with Crippen molar-refractivity contribution in [2.45, 2.75) is 32.2 Å². The molecule has 1 amide bonds. The van der Waals surface area contributed by atoms with E-state index >= 15 is 0 Å². The molecule has 4 N–H and O–H groups in total. The first-order valence-corrected chi connectivity index (χ1v) is 6.69. The number of nitrogens with two attached hydrogens (primary N) is 1. The van der Waals surface area contributed by atoms with Gasteiger partial charge in [0.2, 0.25) is 5.91 Å². The van der Waals surface area contributed by atoms with E-state index in [0.29, 0.717) is 13.1 Å². The van der Waals surface area contributed by atoms with Crippen LogP contribution in [0, 0.1) is 5.41 Å². The van der Waals surface area contributed by atoms with Gasteiger partial charge >= 0.3 is 4.87 Å². The minimum absolute atomic E-state index is 0.0181. The number of aromatic amines is 1. The summed E-state index contributed by atoms with van der Waals surface area (Å²) in [6.45, 7) is 0.776. The predicted molar refractivity (Wildman–Crippen MR) is 66.7 cm³/mol. The maximum Gasteiger partial charge on any atom is 0.304 e. The Balaban J connectivity index is 1.94. The largest absolute Gasteiger partial charge is 0.350 e. The van der Waals surface area contributed by atoms with Gasteiger partial charge in [-0.2, -0.15) is 0 Å². The number of carbonyl (C=O) groups excluding carboxylic acids is 1. The molecule has 0 spiro atoms. The molecule has 2 rings (SSSR count). The third kappa shape index (κ3) is 2.58. The third-order valence-electron chi connectivity index (χ3n) is 3.44. The molecule has 6 heteroatoms. The molecule has 5 nitrogen and oxygen atoms in total. The van der Waals surface area contributed by atoms with Crippen molar-refractivity contribution in [3.8, 4) is 0 Å². The van der Waals surface area contributed by atoms with Crippen LogP contribution in [0.3, 0.4) is 0 Å². The van der Waals surface area contributed by atoms with E-state index in [1.807, 2.05) is 0 Å². The second-order valence-electron chi connectivity index (χ2n) is 4.55. The van der Waals surface area contributed by atoms with Crippen LogP contribution < -0.4 is 15.9 Å². The first kappa shape index (κ1) is 12.3. The van der Waals surface area contributed by atoms with Crippen molar-refractivity contribution in [1.82, 2.24) is 10.3 Å². The van der Waals surface area contributed by atoms with Gasteiger partial charge in [-0.25, -0.2) is 0 Å². The summed E-state index contributed by atoms with van der Waals surface area (Å²) in [5, 5.41) is 4.59. The highest BCUT2D eigenvalue weighted by Crippen LogP contribution is 2.37. The van der Waals surface area contributed by atoms with Crippen LogP contribution >= 0.6 is 11.3 Å². The lowest BCUT2D eigenvalue weighted by molar-refractivity contribution is -0.130. The summed E-state index contributed by atoms with van der Waals surface area (Å²) >= 11 is 1.11. The molecule has 0 unspecified atom stereocenters. The number of hydrogen-bond acceptors (Lipinski definition) is 4. The Morgan fingerprint density at radius 1 is 1.53 bits per heavy atom. The van der Waals surface area contributed by atoms with E-state index in [4.69, 9.17) is 5.73 Å². The number of H-pyrrole nitrogens is 1. The molecule has 1 aliphatic carbocycles. The standard InChI is InChI=1S/C11H17N3O2S/c12-7-11(3-1-2-4-11)9(15)13-5-8-6-17-10(16)14-8/h6H,1-5,7,12H2,(H,13,15)(H,14,16). The zero-order valence-electron chi connectivity index (χ0n) is 9.62. The molecule has 1 saturated carbocycles. The fraction of sp³-hybridized carbons (Fsp3) is 0.636. The molecule has 1 aliphatic rings. The second kappa shape index (κ2) is 5.01. The monoisotopic (exact) mass is 255 g/mol. The van der Waals surface area contributed by atoms with Crippen LogP contribution in [-0.4, -0.2) is 17.4 Å². The molecule has 1 aromatic rings. The maximum absolute atomic E-state index is 12.1. The fourth-order valence-electron chi connectivity index (χ4n) is 2.34. The quantitative estimate of drug-likeness (QED) is 0.735. The Hall–Kier alpha value is -1.14. The van der Waals surface area contributed by atoms with Crippen LogP contribution in [0.4, 0.5) is 0 Å². The van der Waals surface area contributed by atoms with Gasteiger partial charge in [0.05, 0.1) is 12.0 Å². The molecule has 0 aliphatic heterocycles. The van der Waals surface area contributed by atoms with Crippen molar-refractivity contribution in [3.63, 3.8) is 0 Å². The molecular weight excluding hydrogens is 238 g/mol. The first-order valence-electron chi connectivity index (χ1n) is 5.81. The Morgan fingerprint density at radius 3 is 2.76 bits per heavy atom. The van der Waals surface area contributed by atoms with E-state index in [2.05, 4.69) is 10.3 Å². The van der Waals surface area contributed by atoms with Gasteiger partial charge in [0.25, 0.3) is 0 Å². The summed E-state index contributed by atoms with van der Waals surface area (Å²) in [6, 6.07) is 0. The Bertz CT molecular complexity index is 446. The molecule has 0 atom stereocenters. The highest BCUT2D eigenvalue weighted by atomic mass is 32.1. The van der Waals surface area contributed by atoms with E-state index in [-0.39, 0.29) is 16.2 Å². The van der Waals surface area contributed by atoms with Crippen molar-refractivity contribution in [3.05, 3.63) is 20.7 Å². The van der Waals surface area contributed by atoms with Gasteiger partial charge in [0.1, 0.15) is 0 Å². The van der Waals surface area contributed by atoms with E-state index in [0.717, 1.165) is 42.7 Å². The SMILES string of the molecule is NCC1(C(=O)NCc2csc(=O)[nH]2)CCCC1. The van der Waals surface area contributed by atoms with E-state index in [9.17, 15) is 9.59 Å². The summed E-state index contributed by atoms with van der Waals surface area (Å²) < 4.78 is 0. The minimum Gasteiger partial charge on any atom is -0.350 e. The number of thiazole rings is 1. The van der Waals surface area contributed by atoms with Crippen molar-refractivity contribution in [1.29, 1.82) is 0 Å². The molecule has 1 aromatic heterocycles. The van der Waals surface area contributed by atoms with Crippen LogP contribution in [0.25, 0.3) is 0 Å². The molecule has 94 valence electrons. The van der Waals surface area contributed by atoms with Crippen molar-refractivity contribution >= 4 is 17.2 Å². The van der Waals surface area contributed by atoms with Crippen LogP contribution in [-0.2, 0) is 11.3 Å². The smallest absolute Gasteiger partial charge is 0.304 e. The molecule has 0 saturated heterocycles. The average molecular weight is 255 g/mol. The Morgan fingerprint density at radius 2 is 2.24 bits per heavy atom. The summed E-state index contributed by atoms with van der Waals surface area (Å²) in [4.78, 5) is 25.6. The summed E-state index contributed by atoms with van der Waals surface area (Å²) in [5.74, 6) is 0.0181.